The van der Waals surface area contributed by atoms with Crippen LogP contribution in [0.3, 0.4) is 0 Å². The quantitative estimate of drug-likeness (QED) is 0.695. The predicted molar refractivity (Wildman–Crippen MR) is 60.0 cm³/mol. The number of nitrogens with one attached hydrogen (secondary N) is 1. The molecule has 0 saturated carbocycles. The number of hydrogen-bond donors (Lipinski definition) is 3. The van der Waals surface area contributed by atoms with Crippen molar-refractivity contribution in [3.8, 4) is 0 Å². The number of aliphatic hydroxyl groups excluding tert-OH is 1. The lowest BCUT2D eigenvalue weighted by Crippen LogP contribution is -2.43. The number of aliphatic carboxylic acids is 1. The van der Waals surface area contributed by atoms with Crippen LogP contribution in [0.4, 0.5) is 4.39 Å². The van der Waals surface area contributed by atoms with Crippen LogP contribution in [0, 0.1) is 12.7 Å². The Bertz CT molecular complexity index is 557. The summed E-state index contributed by atoms with van der Waals surface area (Å²) in [5.41, 5.74) is 0.119. The second-order valence-corrected chi connectivity index (χ2v) is 5.32. The minimum Gasteiger partial charge on any atom is -0.480 e. The van der Waals surface area contributed by atoms with Crippen LogP contribution in [0.25, 0.3) is 0 Å². The van der Waals surface area contributed by atoms with E-state index >= 15 is 0 Å². The monoisotopic (exact) mass is 277 g/mol. The number of hydrogen-bond acceptors (Lipinski definition) is 4. The van der Waals surface area contributed by atoms with Gasteiger partial charge in [-0.15, -0.1) is 0 Å². The first-order chi connectivity index (χ1) is 8.27. The van der Waals surface area contributed by atoms with Crippen molar-refractivity contribution in [1.29, 1.82) is 0 Å². The molecular weight excluding hydrogens is 265 g/mol. The van der Waals surface area contributed by atoms with E-state index < -0.39 is 34.5 Å². The topological polar surface area (TPSA) is 104 Å². The normalized spacial score (nSPS) is 13.3. The van der Waals surface area contributed by atoms with Crippen molar-refractivity contribution in [2.75, 3.05) is 6.61 Å². The van der Waals surface area contributed by atoms with E-state index in [0.29, 0.717) is 0 Å². The maximum Gasteiger partial charge on any atom is 0.324 e. The van der Waals surface area contributed by atoms with Crippen molar-refractivity contribution in [2.24, 2.45) is 0 Å². The summed E-state index contributed by atoms with van der Waals surface area (Å²) in [6, 6.07) is 1.42. The number of sulfonamides is 1. The summed E-state index contributed by atoms with van der Waals surface area (Å²) in [4.78, 5) is 10.4. The van der Waals surface area contributed by atoms with Crippen LogP contribution in [-0.4, -0.2) is 37.2 Å². The Morgan fingerprint density at radius 1 is 1.50 bits per heavy atom. The summed E-state index contributed by atoms with van der Waals surface area (Å²) < 4.78 is 38.3. The van der Waals surface area contributed by atoms with E-state index in [1.165, 1.54) is 6.92 Å². The number of carboxylic acid groups (broad SMARTS) is 1. The minimum atomic E-state index is -4.11. The third-order valence-corrected chi connectivity index (χ3v) is 3.69. The molecule has 0 aliphatic heterocycles. The summed E-state index contributed by atoms with van der Waals surface area (Å²) >= 11 is 0. The SMILES string of the molecule is Cc1cc(S(=O)(=O)N[C@H](CO)C(=O)O)ccc1F. The lowest BCUT2D eigenvalue weighted by molar-refractivity contribution is -0.139. The molecule has 1 rings (SSSR count). The zero-order chi connectivity index (χ0) is 13.9. The van der Waals surface area contributed by atoms with E-state index in [1.54, 1.807) is 4.72 Å². The molecule has 0 aliphatic rings. The molecule has 0 fully saturated rings. The van der Waals surface area contributed by atoms with E-state index in [1.807, 2.05) is 0 Å². The van der Waals surface area contributed by atoms with Gasteiger partial charge in [-0.05, 0) is 30.7 Å². The summed E-state index contributed by atoms with van der Waals surface area (Å²) in [6.07, 6.45) is 0. The molecule has 0 aliphatic carbocycles. The second kappa shape index (κ2) is 5.42. The van der Waals surface area contributed by atoms with Gasteiger partial charge in [0.1, 0.15) is 11.9 Å². The fourth-order valence-corrected chi connectivity index (χ4v) is 2.47. The number of carboxylic acids is 1. The third-order valence-electron chi connectivity index (χ3n) is 2.22. The highest BCUT2D eigenvalue weighted by atomic mass is 32.2. The molecule has 0 aromatic heterocycles. The number of halogens is 1. The molecule has 6 nitrogen and oxygen atoms in total. The fraction of sp³-hybridized carbons (Fsp3) is 0.300. The van der Waals surface area contributed by atoms with Crippen LogP contribution in [0.15, 0.2) is 23.1 Å². The standard InChI is InChI=1S/C10H12FNO5S/c1-6-4-7(2-3-8(6)11)18(16,17)12-9(5-13)10(14)15/h2-4,9,12-13H,5H2,1H3,(H,14,15)/t9-/m1/s1. The highest BCUT2D eigenvalue weighted by Gasteiger charge is 2.24. The first-order valence-corrected chi connectivity index (χ1v) is 6.38. The molecule has 0 heterocycles. The van der Waals surface area contributed by atoms with Crippen molar-refractivity contribution in [3.63, 3.8) is 0 Å². The average molecular weight is 277 g/mol. The molecule has 100 valence electrons. The molecule has 18 heavy (non-hydrogen) atoms. The van der Waals surface area contributed by atoms with Gasteiger partial charge in [0, 0.05) is 0 Å². The van der Waals surface area contributed by atoms with Gasteiger partial charge in [-0.25, -0.2) is 12.8 Å². The Morgan fingerprint density at radius 2 is 2.11 bits per heavy atom. The lowest BCUT2D eigenvalue weighted by atomic mass is 10.2. The van der Waals surface area contributed by atoms with Gasteiger partial charge in [-0.3, -0.25) is 4.79 Å². The molecule has 8 heteroatoms. The van der Waals surface area contributed by atoms with Gasteiger partial charge >= 0.3 is 5.97 Å². The van der Waals surface area contributed by atoms with E-state index in [2.05, 4.69) is 0 Å². The van der Waals surface area contributed by atoms with Crippen molar-refractivity contribution >= 4 is 16.0 Å². The molecule has 0 amide bonds. The van der Waals surface area contributed by atoms with Crippen LogP contribution in [0.1, 0.15) is 5.56 Å². The van der Waals surface area contributed by atoms with Gasteiger partial charge in [0.05, 0.1) is 11.5 Å². The van der Waals surface area contributed by atoms with Crippen molar-refractivity contribution in [1.82, 2.24) is 4.72 Å². The fourth-order valence-electron chi connectivity index (χ4n) is 1.21. The van der Waals surface area contributed by atoms with E-state index in [-0.39, 0.29) is 10.5 Å². The largest absolute Gasteiger partial charge is 0.480 e. The first kappa shape index (κ1) is 14.6. The highest BCUT2D eigenvalue weighted by molar-refractivity contribution is 7.89. The van der Waals surface area contributed by atoms with Crippen molar-refractivity contribution in [3.05, 3.63) is 29.6 Å². The van der Waals surface area contributed by atoms with Gasteiger partial charge < -0.3 is 10.2 Å². The predicted octanol–water partition coefficient (Wildman–Crippen LogP) is -0.142. The molecule has 0 bridgehead atoms. The van der Waals surface area contributed by atoms with Gasteiger partial charge in [0.2, 0.25) is 10.0 Å². The molecule has 0 radical (unpaired) electrons. The van der Waals surface area contributed by atoms with E-state index in [9.17, 15) is 17.6 Å². The minimum absolute atomic E-state index is 0.119. The highest BCUT2D eigenvalue weighted by Crippen LogP contribution is 2.14. The Hall–Kier alpha value is -1.51. The Kier molecular flexibility index (Phi) is 4.38. The van der Waals surface area contributed by atoms with Crippen molar-refractivity contribution < 1.29 is 27.8 Å². The summed E-state index contributed by atoms with van der Waals surface area (Å²) in [7, 11) is -4.11. The number of aliphatic hydroxyl groups is 1. The number of carbonyl (C=O) groups is 1. The van der Waals surface area contributed by atoms with Crippen LogP contribution in [0.2, 0.25) is 0 Å². The van der Waals surface area contributed by atoms with E-state index in [0.717, 1.165) is 18.2 Å². The molecule has 1 aromatic carbocycles. The number of rotatable bonds is 5. The molecule has 0 saturated heterocycles. The summed E-state index contributed by atoms with van der Waals surface area (Å²) in [5, 5.41) is 17.4. The molecule has 1 atom stereocenters. The van der Waals surface area contributed by atoms with Crippen LogP contribution < -0.4 is 4.72 Å². The number of aryl methyl sites for hydroxylation is 1. The Labute approximate surface area is 103 Å². The average Bonchev–Trinajstić information content (AvgIpc) is 2.29. The second-order valence-electron chi connectivity index (χ2n) is 3.61. The maximum atomic E-state index is 13.0. The zero-order valence-corrected chi connectivity index (χ0v) is 10.2. The Morgan fingerprint density at radius 3 is 2.56 bits per heavy atom. The van der Waals surface area contributed by atoms with Crippen LogP contribution >= 0.6 is 0 Å². The van der Waals surface area contributed by atoms with Crippen LogP contribution in [0.5, 0.6) is 0 Å². The van der Waals surface area contributed by atoms with Gasteiger partial charge in [0.15, 0.2) is 0 Å². The van der Waals surface area contributed by atoms with Crippen LogP contribution in [-0.2, 0) is 14.8 Å². The smallest absolute Gasteiger partial charge is 0.324 e. The zero-order valence-electron chi connectivity index (χ0n) is 9.42. The summed E-state index contributed by atoms with van der Waals surface area (Å²) in [6.45, 7) is 0.504. The molecular formula is C10H12FNO5S. The summed E-state index contributed by atoms with van der Waals surface area (Å²) in [5.74, 6) is -2.06. The third kappa shape index (κ3) is 3.25. The Balaban J connectivity index is 3.06. The van der Waals surface area contributed by atoms with Gasteiger partial charge in [0.25, 0.3) is 0 Å². The first-order valence-electron chi connectivity index (χ1n) is 4.90. The van der Waals surface area contributed by atoms with Gasteiger partial charge in [-0.1, -0.05) is 0 Å². The van der Waals surface area contributed by atoms with Crippen molar-refractivity contribution in [2.45, 2.75) is 17.9 Å². The van der Waals surface area contributed by atoms with Gasteiger partial charge in [-0.2, -0.15) is 4.72 Å². The maximum absolute atomic E-state index is 13.0. The molecule has 0 unspecified atom stereocenters. The van der Waals surface area contributed by atoms with E-state index in [4.69, 9.17) is 10.2 Å². The number of benzene rings is 1. The molecule has 3 N–H and O–H groups in total. The molecule has 1 aromatic rings. The molecule has 0 spiro atoms. The lowest BCUT2D eigenvalue weighted by Gasteiger charge is -2.12.